The lowest BCUT2D eigenvalue weighted by Gasteiger charge is -2.12. The Bertz CT molecular complexity index is 2930. The summed E-state index contributed by atoms with van der Waals surface area (Å²) < 4.78 is 6.68. The molecule has 0 aliphatic rings. The van der Waals surface area contributed by atoms with Crippen molar-refractivity contribution in [3.8, 4) is 45.0 Å². The van der Waals surface area contributed by atoms with Gasteiger partial charge >= 0.3 is 0 Å². The summed E-state index contributed by atoms with van der Waals surface area (Å²) in [4.78, 5) is 15.4. The number of aromatic nitrogens is 3. The molecule has 0 bridgehead atoms. The van der Waals surface area contributed by atoms with Gasteiger partial charge in [-0.2, -0.15) is 0 Å². The van der Waals surface area contributed by atoms with Crippen molar-refractivity contribution in [1.29, 1.82) is 0 Å². The maximum Gasteiger partial charge on any atom is 0.163 e. The van der Waals surface area contributed by atoms with E-state index in [9.17, 15) is 0 Å². The minimum Gasteiger partial charge on any atom is -0.456 e. The lowest BCUT2D eigenvalue weighted by molar-refractivity contribution is 0.669. The number of rotatable bonds is 6. The van der Waals surface area contributed by atoms with E-state index in [1.165, 1.54) is 16.2 Å². The number of hydrogen-bond acceptors (Lipinski definition) is 4. The van der Waals surface area contributed by atoms with Crippen molar-refractivity contribution in [1.82, 2.24) is 15.0 Å². The molecule has 0 atom stereocenters. The highest BCUT2D eigenvalue weighted by molar-refractivity contribution is 6.20. The number of furan rings is 1. The standard InChI is InChI=1S/C48H31N3O/c1-3-12-31(13-4-1)36-19-11-20-38(27-36)48-50-44(49-47(51-48)34-16-5-2-6-17-34)30-40-28-39(37-23-22-32-14-7-8-18-35(32)26-37)29-43-45(40)46-41-21-10-9-15-33(41)24-25-42(46)52-43/h1-29H,30H2. The van der Waals surface area contributed by atoms with Gasteiger partial charge in [0.1, 0.15) is 17.0 Å². The van der Waals surface area contributed by atoms with Crippen LogP contribution in [0.3, 0.4) is 0 Å². The van der Waals surface area contributed by atoms with E-state index in [2.05, 4.69) is 152 Å². The zero-order valence-corrected chi connectivity index (χ0v) is 28.2. The molecule has 4 heteroatoms. The second kappa shape index (κ2) is 12.4. The summed E-state index contributed by atoms with van der Waals surface area (Å²) in [6, 6.07) is 61.4. The van der Waals surface area contributed by atoms with Crippen molar-refractivity contribution < 1.29 is 4.42 Å². The molecule has 0 spiro atoms. The average molecular weight is 666 g/mol. The average Bonchev–Trinajstić information content (AvgIpc) is 3.61. The first-order valence-corrected chi connectivity index (χ1v) is 17.6. The third-order valence-corrected chi connectivity index (χ3v) is 9.92. The Balaban J connectivity index is 1.19. The lowest BCUT2D eigenvalue weighted by Crippen LogP contribution is -2.04. The Morgan fingerprint density at radius 1 is 0.365 bits per heavy atom. The Morgan fingerprint density at radius 3 is 1.83 bits per heavy atom. The van der Waals surface area contributed by atoms with Crippen molar-refractivity contribution in [2.75, 3.05) is 0 Å². The SMILES string of the molecule is c1ccc(-c2cccc(-c3nc(Cc4cc(-c5ccc6ccccc6c5)cc5oc6ccc7ccccc7c6c45)nc(-c4ccccc4)n3)c2)cc1. The molecule has 2 heterocycles. The minimum absolute atomic E-state index is 0.490. The molecule has 4 nitrogen and oxygen atoms in total. The quantitative estimate of drug-likeness (QED) is 0.177. The van der Waals surface area contributed by atoms with Gasteiger partial charge in [-0.05, 0) is 79.7 Å². The van der Waals surface area contributed by atoms with E-state index in [0.29, 0.717) is 23.9 Å². The molecule has 0 N–H and O–H groups in total. The first-order chi connectivity index (χ1) is 25.7. The summed E-state index contributed by atoms with van der Waals surface area (Å²) in [6.07, 6.45) is 0.490. The molecule has 2 aromatic heterocycles. The molecular formula is C48H31N3O. The number of nitrogens with zero attached hydrogens (tertiary/aromatic N) is 3. The predicted molar refractivity (Wildman–Crippen MR) is 213 cm³/mol. The zero-order valence-electron chi connectivity index (χ0n) is 28.2. The maximum atomic E-state index is 6.68. The zero-order chi connectivity index (χ0) is 34.4. The normalized spacial score (nSPS) is 11.5. The fraction of sp³-hybridized carbons (Fsp3) is 0.0208. The maximum absolute atomic E-state index is 6.68. The van der Waals surface area contributed by atoms with Gasteiger partial charge in [-0.15, -0.1) is 0 Å². The van der Waals surface area contributed by atoms with E-state index < -0.39 is 0 Å². The van der Waals surface area contributed by atoms with Crippen LogP contribution in [0.25, 0.3) is 88.5 Å². The molecule has 10 aromatic rings. The summed E-state index contributed by atoms with van der Waals surface area (Å²) in [6.45, 7) is 0. The van der Waals surface area contributed by atoms with E-state index in [-0.39, 0.29) is 0 Å². The van der Waals surface area contributed by atoms with Gasteiger partial charge in [0, 0.05) is 28.3 Å². The van der Waals surface area contributed by atoms with Crippen molar-refractivity contribution in [2.24, 2.45) is 0 Å². The van der Waals surface area contributed by atoms with Crippen molar-refractivity contribution in [2.45, 2.75) is 6.42 Å². The van der Waals surface area contributed by atoms with Crippen LogP contribution >= 0.6 is 0 Å². The Hall–Kier alpha value is -6.91. The van der Waals surface area contributed by atoms with Gasteiger partial charge in [-0.3, -0.25) is 0 Å². The molecule has 0 unspecified atom stereocenters. The van der Waals surface area contributed by atoms with Crippen LogP contribution in [0, 0.1) is 0 Å². The lowest BCUT2D eigenvalue weighted by atomic mass is 9.94. The molecular weight excluding hydrogens is 635 g/mol. The van der Waals surface area contributed by atoms with Crippen LogP contribution in [0.15, 0.2) is 180 Å². The highest BCUT2D eigenvalue weighted by atomic mass is 16.3. The summed E-state index contributed by atoms with van der Waals surface area (Å²) in [7, 11) is 0. The monoisotopic (exact) mass is 665 g/mol. The Kier molecular flexibility index (Phi) is 7.17. The third kappa shape index (κ3) is 5.38. The molecule has 244 valence electrons. The van der Waals surface area contributed by atoms with E-state index in [1.54, 1.807) is 0 Å². The van der Waals surface area contributed by atoms with Crippen molar-refractivity contribution in [3.05, 3.63) is 187 Å². The predicted octanol–water partition coefficient (Wildman–Crippen LogP) is 12.3. The smallest absolute Gasteiger partial charge is 0.163 e. The topological polar surface area (TPSA) is 51.8 Å². The fourth-order valence-corrected chi connectivity index (χ4v) is 7.41. The van der Waals surface area contributed by atoms with Gasteiger partial charge < -0.3 is 4.42 Å². The van der Waals surface area contributed by atoms with Crippen LogP contribution in [0.2, 0.25) is 0 Å². The molecule has 0 fully saturated rings. The van der Waals surface area contributed by atoms with Gasteiger partial charge in [-0.25, -0.2) is 15.0 Å². The van der Waals surface area contributed by atoms with Gasteiger partial charge in [0.2, 0.25) is 0 Å². The minimum atomic E-state index is 0.490. The highest BCUT2D eigenvalue weighted by Crippen LogP contribution is 2.40. The van der Waals surface area contributed by atoms with E-state index in [0.717, 1.165) is 66.3 Å². The second-order valence-corrected chi connectivity index (χ2v) is 13.2. The van der Waals surface area contributed by atoms with Crippen LogP contribution in [0.1, 0.15) is 11.4 Å². The van der Waals surface area contributed by atoms with Crippen LogP contribution in [0.4, 0.5) is 0 Å². The molecule has 10 rings (SSSR count). The summed E-state index contributed by atoms with van der Waals surface area (Å²) >= 11 is 0. The van der Waals surface area contributed by atoms with Gasteiger partial charge in [0.25, 0.3) is 0 Å². The molecule has 0 amide bonds. The highest BCUT2D eigenvalue weighted by Gasteiger charge is 2.19. The van der Waals surface area contributed by atoms with E-state index in [1.807, 2.05) is 24.3 Å². The largest absolute Gasteiger partial charge is 0.456 e. The van der Waals surface area contributed by atoms with Crippen LogP contribution in [0.5, 0.6) is 0 Å². The summed E-state index contributed by atoms with van der Waals surface area (Å²) in [5.74, 6) is 1.99. The van der Waals surface area contributed by atoms with Crippen LogP contribution < -0.4 is 0 Å². The van der Waals surface area contributed by atoms with Crippen LogP contribution in [-0.4, -0.2) is 15.0 Å². The second-order valence-electron chi connectivity index (χ2n) is 13.2. The number of hydrogen-bond donors (Lipinski definition) is 0. The Labute approximate surface area is 300 Å². The van der Waals surface area contributed by atoms with Gasteiger partial charge in [0.15, 0.2) is 11.6 Å². The number of benzene rings is 8. The molecule has 0 aliphatic heterocycles. The Morgan fingerprint density at radius 2 is 1.00 bits per heavy atom. The van der Waals surface area contributed by atoms with Gasteiger partial charge in [0.05, 0.1) is 0 Å². The molecule has 8 aromatic carbocycles. The summed E-state index contributed by atoms with van der Waals surface area (Å²) in [5.41, 5.74) is 9.18. The first kappa shape index (κ1) is 30.0. The van der Waals surface area contributed by atoms with Crippen molar-refractivity contribution >= 4 is 43.5 Å². The third-order valence-electron chi connectivity index (χ3n) is 9.92. The molecule has 0 aliphatic carbocycles. The molecule has 0 saturated heterocycles. The first-order valence-electron chi connectivity index (χ1n) is 17.6. The van der Waals surface area contributed by atoms with E-state index >= 15 is 0 Å². The molecule has 0 saturated carbocycles. The molecule has 52 heavy (non-hydrogen) atoms. The van der Waals surface area contributed by atoms with Crippen molar-refractivity contribution in [3.63, 3.8) is 0 Å². The molecule has 0 radical (unpaired) electrons. The van der Waals surface area contributed by atoms with Crippen LogP contribution in [-0.2, 0) is 6.42 Å². The van der Waals surface area contributed by atoms with Gasteiger partial charge in [-0.1, -0.05) is 146 Å². The number of fused-ring (bicyclic) bond motifs is 6. The van der Waals surface area contributed by atoms with E-state index in [4.69, 9.17) is 19.4 Å². The fourth-order valence-electron chi connectivity index (χ4n) is 7.41. The summed E-state index contributed by atoms with van der Waals surface area (Å²) in [5, 5.41) is 6.95.